The maximum atomic E-state index is 13.0. The van der Waals surface area contributed by atoms with Crippen molar-refractivity contribution in [2.45, 2.75) is 94.7 Å². The predicted octanol–water partition coefficient (Wildman–Crippen LogP) is 3.39. The highest BCUT2D eigenvalue weighted by atomic mass is 16.5. The molecule has 3 aliphatic heterocycles. The van der Waals surface area contributed by atoms with E-state index >= 15 is 0 Å². The van der Waals surface area contributed by atoms with Crippen LogP contribution in [0.25, 0.3) is 22.1 Å². The van der Waals surface area contributed by atoms with Crippen LogP contribution in [0.2, 0.25) is 0 Å². The van der Waals surface area contributed by atoms with Crippen molar-refractivity contribution in [1.29, 1.82) is 0 Å². The van der Waals surface area contributed by atoms with Crippen LogP contribution in [0.15, 0.2) is 35.5 Å². The molecule has 15 heteroatoms. The highest BCUT2D eigenvalue weighted by Gasteiger charge is 2.32. The minimum Gasteiger partial charge on any atom is -0.381 e. The number of anilines is 1. The van der Waals surface area contributed by atoms with Gasteiger partial charge in [-0.05, 0) is 87.0 Å². The average Bonchev–Trinajstić information content (AvgIpc) is 3.75. The van der Waals surface area contributed by atoms with Crippen LogP contribution >= 0.6 is 0 Å². The lowest BCUT2D eigenvalue weighted by atomic mass is 9.89. The van der Waals surface area contributed by atoms with Crippen molar-refractivity contribution in [1.82, 2.24) is 39.2 Å². The van der Waals surface area contributed by atoms with Crippen molar-refractivity contribution in [2.24, 2.45) is 7.05 Å². The average molecular weight is 756 g/mol. The maximum absolute atomic E-state index is 13.0. The second-order valence-electron chi connectivity index (χ2n) is 15.6. The molecule has 4 fully saturated rings. The molecule has 6 heterocycles. The highest BCUT2D eigenvalue weighted by Crippen LogP contribution is 2.36. The summed E-state index contributed by atoms with van der Waals surface area (Å²) in [6, 6.07) is 6.06. The van der Waals surface area contributed by atoms with Gasteiger partial charge >= 0.3 is 5.69 Å². The fraction of sp³-hybridized carbons (Fsp3) is 0.600. The van der Waals surface area contributed by atoms with E-state index in [1.165, 1.54) is 10.1 Å². The number of nitrogens with one attached hydrogen (secondary N) is 3. The summed E-state index contributed by atoms with van der Waals surface area (Å²) in [7, 11) is 1.70. The van der Waals surface area contributed by atoms with Crippen LogP contribution < -0.4 is 16.3 Å². The second kappa shape index (κ2) is 16.6. The largest absolute Gasteiger partial charge is 0.381 e. The molecular weight excluding hydrogens is 702 g/mol. The normalized spacial score (nSPS) is 23.1. The molecule has 1 atom stereocenters. The van der Waals surface area contributed by atoms with E-state index in [9.17, 15) is 19.2 Å². The number of nitrogens with zero attached hydrogens (tertiary/aromatic N) is 6. The number of imide groups is 1. The van der Waals surface area contributed by atoms with E-state index in [1.54, 1.807) is 17.9 Å². The number of carbonyl (C=O) groups excluding carboxylic acids is 3. The first-order chi connectivity index (χ1) is 26.8. The first kappa shape index (κ1) is 37.3. The molecule has 1 aliphatic carbocycles. The van der Waals surface area contributed by atoms with Crippen molar-refractivity contribution >= 4 is 45.6 Å². The molecule has 1 saturated carbocycles. The highest BCUT2D eigenvalue weighted by molar-refractivity contribution is 6.00. The molecule has 3 saturated heterocycles. The molecule has 8 rings (SSSR count). The van der Waals surface area contributed by atoms with Crippen molar-refractivity contribution in [3.63, 3.8) is 0 Å². The number of aromatic amines is 1. The maximum Gasteiger partial charge on any atom is 0.329 e. The summed E-state index contributed by atoms with van der Waals surface area (Å²) in [6.45, 7) is 5.88. The van der Waals surface area contributed by atoms with Crippen LogP contribution in [0.4, 0.5) is 5.82 Å². The number of piperidine rings is 1. The molecule has 3 N–H and O–H groups in total. The van der Waals surface area contributed by atoms with Crippen LogP contribution in [0.3, 0.4) is 0 Å². The summed E-state index contributed by atoms with van der Waals surface area (Å²) in [4.78, 5) is 67.3. The standard InChI is InChI=1S/C40H53N9O6/c1-46-33-23-26(4-9-31(33)49(40(46)53)32-10-11-34(50)45-39(32)52)3-2-19-54-22-14-35(51)48-17-15-47(16-18-48)29-7-5-28(6-8-29)44-38-36-30(27-12-20-55-21-13-27)24-41-37(36)42-25-43-38/h4,9,23-25,27-29,32H,2-3,5-8,10-22H2,1H3,(H,45,50,52)(H2,41,42,43,44). The van der Waals surface area contributed by atoms with Gasteiger partial charge in [0.15, 0.2) is 0 Å². The number of amides is 3. The van der Waals surface area contributed by atoms with Gasteiger partial charge in [-0.3, -0.25) is 33.7 Å². The number of fused-ring (bicyclic) bond motifs is 2. The summed E-state index contributed by atoms with van der Waals surface area (Å²) in [5.41, 5.74) is 4.42. The Morgan fingerprint density at radius 2 is 1.76 bits per heavy atom. The summed E-state index contributed by atoms with van der Waals surface area (Å²) in [5, 5.41) is 7.26. The van der Waals surface area contributed by atoms with E-state index in [1.807, 2.05) is 23.1 Å². The Morgan fingerprint density at radius 1 is 0.964 bits per heavy atom. The molecule has 0 bridgehead atoms. The summed E-state index contributed by atoms with van der Waals surface area (Å²) < 4.78 is 14.5. The van der Waals surface area contributed by atoms with Gasteiger partial charge in [-0.2, -0.15) is 0 Å². The molecule has 1 aromatic carbocycles. The fourth-order valence-corrected chi connectivity index (χ4v) is 9.13. The number of H-pyrrole nitrogens is 1. The van der Waals surface area contributed by atoms with Gasteiger partial charge in [0.2, 0.25) is 17.7 Å². The van der Waals surface area contributed by atoms with Crippen LogP contribution in [0.5, 0.6) is 0 Å². The summed E-state index contributed by atoms with van der Waals surface area (Å²) in [5.74, 6) is 0.825. The van der Waals surface area contributed by atoms with E-state index in [-0.39, 0.29) is 23.9 Å². The number of rotatable bonds is 12. The van der Waals surface area contributed by atoms with Crippen molar-refractivity contribution in [3.05, 3.63) is 52.3 Å². The van der Waals surface area contributed by atoms with Crippen LogP contribution in [-0.2, 0) is 37.3 Å². The smallest absolute Gasteiger partial charge is 0.329 e. The lowest BCUT2D eigenvalue weighted by Gasteiger charge is -2.42. The van der Waals surface area contributed by atoms with Gasteiger partial charge in [0, 0.05) is 77.7 Å². The van der Waals surface area contributed by atoms with Crippen molar-refractivity contribution < 1.29 is 23.9 Å². The van der Waals surface area contributed by atoms with E-state index in [4.69, 9.17) is 9.47 Å². The number of aromatic nitrogens is 5. The van der Waals surface area contributed by atoms with E-state index < -0.39 is 11.9 Å². The zero-order valence-corrected chi connectivity index (χ0v) is 31.8. The number of aryl methyl sites for hydroxylation is 2. The molecule has 4 aliphatic rings. The third kappa shape index (κ3) is 8.05. The zero-order chi connectivity index (χ0) is 37.9. The van der Waals surface area contributed by atoms with Gasteiger partial charge in [0.1, 0.15) is 23.8 Å². The van der Waals surface area contributed by atoms with Gasteiger partial charge < -0.3 is 24.7 Å². The Kier molecular flexibility index (Phi) is 11.3. The van der Waals surface area contributed by atoms with Crippen LogP contribution in [-0.4, -0.2) is 116 Å². The lowest BCUT2D eigenvalue weighted by molar-refractivity contribution is -0.136. The number of ether oxygens (including phenoxy) is 2. The first-order valence-electron chi connectivity index (χ1n) is 20.1. The molecule has 0 radical (unpaired) electrons. The molecule has 15 nitrogen and oxygen atoms in total. The van der Waals surface area contributed by atoms with Crippen molar-refractivity contribution in [3.8, 4) is 0 Å². The second-order valence-corrected chi connectivity index (χ2v) is 15.6. The Balaban J connectivity index is 0.735. The molecule has 294 valence electrons. The quantitative estimate of drug-likeness (QED) is 0.144. The van der Waals surface area contributed by atoms with Gasteiger partial charge in [0.25, 0.3) is 0 Å². The summed E-state index contributed by atoms with van der Waals surface area (Å²) in [6.07, 6.45) is 12.7. The Morgan fingerprint density at radius 3 is 2.55 bits per heavy atom. The van der Waals surface area contributed by atoms with Gasteiger partial charge in [-0.25, -0.2) is 14.8 Å². The molecular formula is C40H53N9O6. The molecule has 4 aromatic rings. The van der Waals surface area contributed by atoms with Crippen molar-refractivity contribution in [2.75, 3.05) is 57.9 Å². The molecule has 3 aromatic heterocycles. The number of piperazine rings is 1. The van der Waals surface area contributed by atoms with E-state index in [0.717, 1.165) is 119 Å². The predicted molar refractivity (Wildman–Crippen MR) is 207 cm³/mol. The summed E-state index contributed by atoms with van der Waals surface area (Å²) >= 11 is 0. The topological polar surface area (TPSA) is 169 Å². The third-order valence-electron chi connectivity index (χ3n) is 12.3. The van der Waals surface area contributed by atoms with Gasteiger partial charge in [-0.1, -0.05) is 6.07 Å². The first-order valence-corrected chi connectivity index (χ1v) is 20.1. The zero-order valence-electron chi connectivity index (χ0n) is 31.8. The minimum atomic E-state index is -0.696. The van der Waals surface area contributed by atoms with Crippen LogP contribution in [0.1, 0.15) is 87.3 Å². The number of hydrogen-bond acceptors (Lipinski definition) is 10. The van der Waals surface area contributed by atoms with E-state index in [0.29, 0.717) is 49.6 Å². The lowest BCUT2D eigenvalue weighted by Crippen LogP contribution is -2.53. The number of hydrogen-bond donors (Lipinski definition) is 3. The molecule has 1 unspecified atom stereocenters. The fourth-order valence-electron chi connectivity index (χ4n) is 9.13. The molecule has 55 heavy (non-hydrogen) atoms. The van der Waals surface area contributed by atoms with E-state index in [2.05, 4.69) is 36.7 Å². The molecule has 0 spiro atoms. The number of imidazole rings is 1. The molecule has 3 amide bonds. The third-order valence-corrected chi connectivity index (χ3v) is 12.3. The van der Waals surface area contributed by atoms with Gasteiger partial charge in [-0.15, -0.1) is 0 Å². The SMILES string of the molecule is Cn1c(=O)n(C2CCC(=O)NC2=O)c2ccc(CCCOCCC(=O)N3CCN(C4CCC(Nc5ncnc6[nH]cc(C7CCOCC7)c56)CC4)CC3)cc21. The monoisotopic (exact) mass is 755 g/mol. The number of carbonyl (C=O) groups is 3. The Bertz CT molecular complexity index is 2070. The number of benzene rings is 1. The van der Waals surface area contributed by atoms with Crippen LogP contribution in [0, 0.1) is 0 Å². The Hall–Kier alpha value is -4.60. The minimum absolute atomic E-state index is 0.153. The Labute approximate surface area is 320 Å². The van der Waals surface area contributed by atoms with Gasteiger partial charge in [0.05, 0.1) is 29.4 Å².